The molecule has 1 saturated heterocycles. The van der Waals surface area contributed by atoms with Gasteiger partial charge in [-0.1, -0.05) is 23.7 Å². The fourth-order valence-electron chi connectivity index (χ4n) is 3.43. The predicted molar refractivity (Wildman–Crippen MR) is 114 cm³/mol. The molecule has 5 nitrogen and oxygen atoms in total. The van der Waals surface area contributed by atoms with Crippen molar-refractivity contribution in [3.05, 3.63) is 83.3 Å². The third-order valence-corrected chi connectivity index (χ3v) is 5.16. The molecule has 0 unspecified atom stereocenters. The minimum atomic E-state index is -0.230. The average molecular weight is 411 g/mol. The summed E-state index contributed by atoms with van der Waals surface area (Å²) in [6.45, 7) is 2.59. The maximum absolute atomic E-state index is 14.1. The van der Waals surface area contributed by atoms with E-state index >= 15 is 0 Å². The normalized spacial score (nSPS) is 14.0. The zero-order valence-corrected chi connectivity index (χ0v) is 16.4. The van der Waals surface area contributed by atoms with E-state index in [2.05, 4.69) is 15.2 Å². The number of amides is 1. The lowest BCUT2D eigenvalue weighted by atomic mass is 10.2. The van der Waals surface area contributed by atoms with E-state index in [4.69, 9.17) is 11.6 Å². The molecule has 0 spiro atoms. The third kappa shape index (κ3) is 4.32. The number of halogens is 2. The zero-order valence-electron chi connectivity index (χ0n) is 15.7. The van der Waals surface area contributed by atoms with Crippen LogP contribution in [0.1, 0.15) is 10.4 Å². The summed E-state index contributed by atoms with van der Waals surface area (Å²) in [5, 5.41) is 3.49. The van der Waals surface area contributed by atoms with Gasteiger partial charge in [-0.15, -0.1) is 0 Å². The van der Waals surface area contributed by atoms with Crippen molar-refractivity contribution in [1.29, 1.82) is 0 Å². The van der Waals surface area contributed by atoms with Gasteiger partial charge in [0.1, 0.15) is 11.6 Å². The molecule has 1 aromatic heterocycles. The Balaban J connectivity index is 1.48. The van der Waals surface area contributed by atoms with Crippen LogP contribution in [0.2, 0.25) is 5.02 Å². The summed E-state index contributed by atoms with van der Waals surface area (Å²) in [5.74, 6) is 0.181. The van der Waals surface area contributed by atoms with E-state index < -0.39 is 0 Å². The molecule has 0 radical (unpaired) electrons. The third-order valence-electron chi connectivity index (χ3n) is 4.91. The van der Waals surface area contributed by atoms with Gasteiger partial charge < -0.3 is 15.1 Å². The molecule has 4 rings (SSSR count). The number of piperazine rings is 1. The highest BCUT2D eigenvalue weighted by Gasteiger charge is 2.23. The molecule has 3 aromatic rings. The highest BCUT2D eigenvalue weighted by Crippen LogP contribution is 2.24. The number of hydrogen-bond donors (Lipinski definition) is 1. The maximum Gasteiger partial charge on any atom is 0.259 e. The van der Waals surface area contributed by atoms with Crippen molar-refractivity contribution < 1.29 is 9.18 Å². The number of carbonyl (C=O) groups excluding carboxylic acids is 1. The number of aromatic nitrogens is 1. The fraction of sp³-hybridized carbons (Fsp3) is 0.182. The van der Waals surface area contributed by atoms with Gasteiger partial charge in [-0.3, -0.25) is 4.79 Å². The summed E-state index contributed by atoms with van der Waals surface area (Å²) in [6, 6.07) is 17.2. The first-order valence-electron chi connectivity index (χ1n) is 9.38. The Morgan fingerprint density at radius 3 is 2.34 bits per heavy atom. The lowest BCUT2D eigenvalue weighted by molar-refractivity contribution is 0.102. The van der Waals surface area contributed by atoms with Crippen LogP contribution in [0.25, 0.3) is 0 Å². The molecule has 2 heterocycles. The summed E-state index contributed by atoms with van der Waals surface area (Å²) in [5.41, 5.74) is 1.77. The number of anilines is 3. The Morgan fingerprint density at radius 1 is 0.931 bits per heavy atom. The monoisotopic (exact) mass is 410 g/mol. The van der Waals surface area contributed by atoms with E-state index in [9.17, 15) is 9.18 Å². The van der Waals surface area contributed by atoms with Crippen LogP contribution in [0.15, 0.2) is 66.9 Å². The first-order valence-corrected chi connectivity index (χ1v) is 9.76. The van der Waals surface area contributed by atoms with Gasteiger partial charge in [0.15, 0.2) is 0 Å². The Morgan fingerprint density at radius 2 is 1.62 bits per heavy atom. The predicted octanol–water partition coefficient (Wildman–Crippen LogP) is 4.45. The second kappa shape index (κ2) is 8.49. The first-order chi connectivity index (χ1) is 14.1. The summed E-state index contributed by atoms with van der Waals surface area (Å²) in [4.78, 5) is 21.3. The summed E-state index contributed by atoms with van der Waals surface area (Å²) < 4.78 is 14.1. The SMILES string of the molecule is O=C(Nc1ccc(Cl)cc1)c1cccnc1N1CCN(c2ccccc2F)CC1. The van der Waals surface area contributed by atoms with Crippen molar-refractivity contribution in [2.24, 2.45) is 0 Å². The average Bonchev–Trinajstić information content (AvgIpc) is 2.76. The van der Waals surface area contributed by atoms with Crippen LogP contribution in [0.4, 0.5) is 21.6 Å². The van der Waals surface area contributed by atoms with Gasteiger partial charge in [0.25, 0.3) is 5.91 Å². The second-order valence-electron chi connectivity index (χ2n) is 6.76. The summed E-state index contributed by atoms with van der Waals surface area (Å²) >= 11 is 5.90. The van der Waals surface area contributed by atoms with Crippen molar-refractivity contribution in [3.63, 3.8) is 0 Å². The minimum Gasteiger partial charge on any atom is -0.366 e. The highest BCUT2D eigenvalue weighted by molar-refractivity contribution is 6.30. The number of benzene rings is 2. The molecule has 0 atom stereocenters. The number of carbonyl (C=O) groups is 1. The van der Waals surface area contributed by atoms with Crippen LogP contribution >= 0.6 is 11.6 Å². The van der Waals surface area contributed by atoms with E-state index in [0.717, 1.165) is 0 Å². The van der Waals surface area contributed by atoms with Crippen LogP contribution < -0.4 is 15.1 Å². The van der Waals surface area contributed by atoms with E-state index in [-0.39, 0.29) is 11.7 Å². The smallest absolute Gasteiger partial charge is 0.259 e. The number of nitrogens with zero attached hydrogens (tertiary/aromatic N) is 3. The molecule has 1 aliphatic rings. The van der Waals surface area contributed by atoms with E-state index in [0.29, 0.717) is 54.0 Å². The topological polar surface area (TPSA) is 48.5 Å². The molecule has 1 aliphatic heterocycles. The van der Waals surface area contributed by atoms with Crippen LogP contribution in [-0.2, 0) is 0 Å². The number of nitrogens with one attached hydrogen (secondary N) is 1. The van der Waals surface area contributed by atoms with Gasteiger partial charge in [0, 0.05) is 43.1 Å². The van der Waals surface area contributed by atoms with Gasteiger partial charge in [0.05, 0.1) is 11.3 Å². The molecule has 1 amide bonds. The van der Waals surface area contributed by atoms with Crippen LogP contribution in [-0.4, -0.2) is 37.1 Å². The van der Waals surface area contributed by atoms with Gasteiger partial charge in [-0.25, -0.2) is 9.37 Å². The van der Waals surface area contributed by atoms with Crippen molar-refractivity contribution in [1.82, 2.24) is 4.98 Å². The largest absolute Gasteiger partial charge is 0.366 e. The van der Waals surface area contributed by atoms with Gasteiger partial charge >= 0.3 is 0 Å². The van der Waals surface area contributed by atoms with E-state index in [1.54, 1.807) is 54.7 Å². The number of para-hydroxylation sites is 1. The van der Waals surface area contributed by atoms with Crippen LogP contribution in [0, 0.1) is 5.82 Å². The summed E-state index contributed by atoms with van der Waals surface area (Å²) in [7, 11) is 0. The highest BCUT2D eigenvalue weighted by atomic mass is 35.5. The van der Waals surface area contributed by atoms with Crippen molar-refractivity contribution in [2.75, 3.05) is 41.3 Å². The number of pyridine rings is 1. The minimum absolute atomic E-state index is 0.221. The lowest BCUT2D eigenvalue weighted by Crippen LogP contribution is -2.47. The molecule has 1 fully saturated rings. The number of rotatable bonds is 4. The van der Waals surface area contributed by atoms with Crippen LogP contribution in [0.3, 0.4) is 0 Å². The molecule has 0 bridgehead atoms. The fourth-order valence-corrected chi connectivity index (χ4v) is 3.55. The first kappa shape index (κ1) is 19.2. The van der Waals surface area contributed by atoms with Crippen molar-refractivity contribution in [2.45, 2.75) is 0 Å². The Bertz CT molecular complexity index is 1000. The molecule has 148 valence electrons. The molecule has 1 N–H and O–H groups in total. The van der Waals surface area contributed by atoms with Gasteiger partial charge in [-0.2, -0.15) is 0 Å². The molecular formula is C22H20ClFN4O. The molecule has 0 aliphatic carbocycles. The molecule has 29 heavy (non-hydrogen) atoms. The van der Waals surface area contributed by atoms with Gasteiger partial charge in [0.2, 0.25) is 0 Å². The van der Waals surface area contributed by atoms with Crippen molar-refractivity contribution >= 4 is 34.7 Å². The van der Waals surface area contributed by atoms with Crippen LogP contribution in [0.5, 0.6) is 0 Å². The van der Waals surface area contributed by atoms with E-state index in [1.165, 1.54) is 6.07 Å². The Labute approximate surface area is 173 Å². The molecule has 2 aromatic carbocycles. The van der Waals surface area contributed by atoms with Crippen molar-refractivity contribution in [3.8, 4) is 0 Å². The maximum atomic E-state index is 14.1. The van der Waals surface area contributed by atoms with E-state index in [1.807, 2.05) is 11.0 Å². The zero-order chi connectivity index (χ0) is 20.2. The summed E-state index contributed by atoms with van der Waals surface area (Å²) in [6.07, 6.45) is 1.68. The Hall–Kier alpha value is -3.12. The number of hydrogen-bond acceptors (Lipinski definition) is 4. The second-order valence-corrected chi connectivity index (χ2v) is 7.20. The molecule has 0 saturated carbocycles. The quantitative estimate of drug-likeness (QED) is 0.690. The molecule has 7 heteroatoms. The van der Waals surface area contributed by atoms with Gasteiger partial charge in [-0.05, 0) is 48.5 Å². The standard InChI is InChI=1S/C22H20ClFN4O/c23-16-7-9-17(10-8-16)26-22(29)18-4-3-11-25-21(18)28-14-12-27(13-15-28)20-6-2-1-5-19(20)24/h1-11H,12-15H2,(H,26,29). The lowest BCUT2D eigenvalue weighted by Gasteiger charge is -2.37. The molecular weight excluding hydrogens is 391 g/mol. The Kier molecular flexibility index (Phi) is 5.62.